The molecule has 0 aliphatic carbocycles. The molecule has 0 aromatic heterocycles. The van der Waals surface area contributed by atoms with Gasteiger partial charge in [0.05, 0.1) is 13.3 Å². The predicted molar refractivity (Wildman–Crippen MR) is 99.9 cm³/mol. The molecule has 1 amide bonds. The maximum absolute atomic E-state index is 12.2. The molecule has 0 radical (unpaired) electrons. The number of hydrogen-bond donors (Lipinski definition) is 1. The third kappa shape index (κ3) is 4.98. The molecule has 0 unspecified atom stereocenters. The molecule has 0 fully saturated rings. The van der Waals surface area contributed by atoms with Gasteiger partial charge in [-0.15, -0.1) is 0 Å². The molecule has 2 aromatic rings. The Hall–Kier alpha value is -3.53. The third-order valence-corrected chi connectivity index (χ3v) is 3.48. The Morgan fingerprint density at radius 3 is 2.77 bits per heavy atom. The Kier molecular flexibility index (Phi) is 6.57. The smallest absolute Gasteiger partial charge is 0.271 e. The summed E-state index contributed by atoms with van der Waals surface area (Å²) in [5, 5.41) is 12.5. The van der Waals surface area contributed by atoms with Crippen molar-refractivity contribution in [2.45, 2.75) is 0 Å². The van der Waals surface area contributed by atoms with Gasteiger partial charge in [-0.05, 0) is 42.0 Å². The van der Waals surface area contributed by atoms with Crippen molar-refractivity contribution in [1.82, 2.24) is 5.43 Å². The van der Waals surface area contributed by atoms with Crippen molar-refractivity contribution in [3.8, 4) is 17.6 Å². The molecular weight excluding hydrogens is 332 g/mol. The van der Waals surface area contributed by atoms with E-state index in [2.05, 4.69) is 10.5 Å². The molecule has 0 heterocycles. The van der Waals surface area contributed by atoms with Gasteiger partial charge < -0.3 is 14.4 Å². The molecule has 0 saturated carbocycles. The highest BCUT2D eigenvalue weighted by atomic mass is 16.5. The molecule has 7 nitrogen and oxygen atoms in total. The molecule has 0 spiro atoms. The average molecular weight is 352 g/mol. The minimum Gasteiger partial charge on any atom is -0.493 e. The number of anilines is 1. The fraction of sp³-hybridized carbons (Fsp3) is 0.211. The second-order valence-electron chi connectivity index (χ2n) is 5.50. The number of methoxy groups -OCH3 is 1. The summed E-state index contributed by atoms with van der Waals surface area (Å²) in [5.74, 6) is 0.649. The summed E-state index contributed by atoms with van der Waals surface area (Å²) in [6.07, 6.45) is 1.50. The van der Waals surface area contributed by atoms with Gasteiger partial charge in [-0.1, -0.05) is 6.07 Å². The summed E-state index contributed by atoms with van der Waals surface area (Å²) in [7, 11) is 5.33. The minimum atomic E-state index is -0.300. The normalized spacial score (nSPS) is 10.2. The third-order valence-electron chi connectivity index (χ3n) is 3.48. The van der Waals surface area contributed by atoms with Gasteiger partial charge in [-0.3, -0.25) is 4.79 Å². The monoisotopic (exact) mass is 352 g/mol. The van der Waals surface area contributed by atoms with Crippen LogP contribution in [0.2, 0.25) is 0 Å². The Balaban J connectivity index is 2.05. The van der Waals surface area contributed by atoms with E-state index in [-0.39, 0.29) is 12.5 Å². The van der Waals surface area contributed by atoms with Crippen LogP contribution in [0.5, 0.6) is 11.5 Å². The highest BCUT2D eigenvalue weighted by molar-refractivity contribution is 5.95. The number of benzene rings is 2. The van der Waals surface area contributed by atoms with E-state index in [9.17, 15) is 4.79 Å². The molecule has 7 heteroatoms. The quantitative estimate of drug-likeness (QED) is 0.611. The number of nitrogens with zero attached hydrogens (tertiary/aromatic N) is 3. The lowest BCUT2D eigenvalue weighted by Gasteiger charge is -2.12. The molecule has 0 aliphatic heterocycles. The van der Waals surface area contributed by atoms with E-state index >= 15 is 0 Å². The lowest BCUT2D eigenvalue weighted by Crippen LogP contribution is -2.18. The van der Waals surface area contributed by atoms with E-state index in [4.69, 9.17) is 14.7 Å². The minimum absolute atomic E-state index is 0.0636. The van der Waals surface area contributed by atoms with Crippen molar-refractivity contribution in [2.75, 3.05) is 32.7 Å². The van der Waals surface area contributed by atoms with E-state index in [0.29, 0.717) is 22.6 Å². The zero-order chi connectivity index (χ0) is 18.9. The number of hydrogen-bond acceptors (Lipinski definition) is 6. The first-order valence-electron chi connectivity index (χ1n) is 7.83. The van der Waals surface area contributed by atoms with E-state index in [0.717, 1.165) is 5.69 Å². The molecule has 2 aromatic carbocycles. The van der Waals surface area contributed by atoms with Gasteiger partial charge >= 0.3 is 0 Å². The highest BCUT2D eigenvalue weighted by Crippen LogP contribution is 2.27. The van der Waals surface area contributed by atoms with Crippen molar-refractivity contribution in [2.24, 2.45) is 5.10 Å². The molecule has 26 heavy (non-hydrogen) atoms. The van der Waals surface area contributed by atoms with Crippen molar-refractivity contribution in [3.05, 3.63) is 53.6 Å². The first kappa shape index (κ1) is 18.8. The van der Waals surface area contributed by atoms with E-state index in [1.54, 1.807) is 30.3 Å². The Morgan fingerprint density at radius 2 is 2.08 bits per heavy atom. The predicted octanol–water partition coefficient (Wildman–Crippen LogP) is 2.43. The SMILES string of the molecule is COc1cc(/C=N\NC(=O)c2cccc(N(C)C)c2)ccc1OCC#N. The molecule has 1 N–H and O–H groups in total. The fourth-order valence-electron chi connectivity index (χ4n) is 2.15. The molecule has 0 aliphatic rings. The van der Waals surface area contributed by atoms with Crippen LogP contribution in [-0.4, -0.2) is 39.9 Å². The van der Waals surface area contributed by atoms with Crippen LogP contribution in [0.4, 0.5) is 5.69 Å². The van der Waals surface area contributed by atoms with Crippen LogP contribution in [0.25, 0.3) is 0 Å². The lowest BCUT2D eigenvalue weighted by atomic mass is 10.2. The second-order valence-corrected chi connectivity index (χ2v) is 5.50. The van der Waals surface area contributed by atoms with Crippen molar-refractivity contribution in [3.63, 3.8) is 0 Å². The summed E-state index contributed by atoms with van der Waals surface area (Å²) < 4.78 is 10.5. The maximum Gasteiger partial charge on any atom is 0.271 e. The molecule has 2 rings (SSSR count). The molecular formula is C19H20N4O3. The van der Waals surface area contributed by atoms with Gasteiger partial charge in [0.25, 0.3) is 5.91 Å². The number of carbonyl (C=O) groups is 1. The van der Waals surface area contributed by atoms with Gasteiger partial charge in [-0.25, -0.2) is 5.43 Å². The first-order valence-corrected chi connectivity index (χ1v) is 7.83. The number of carbonyl (C=O) groups excluding carboxylic acids is 1. The van der Waals surface area contributed by atoms with Gasteiger partial charge in [-0.2, -0.15) is 10.4 Å². The zero-order valence-corrected chi connectivity index (χ0v) is 14.9. The number of hydrazone groups is 1. The molecule has 0 bridgehead atoms. The van der Waals surface area contributed by atoms with Crippen LogP contribution in [0.3, 0.4) is 0 Å². The lowest BCUT2D eigenvalue weighted by molar-refractivity contribution is 0.0955. The average Bonchev–Trinajstić information content (AvgIpc) is 2.66. The van der Waals surface area contributed by atoms with Crippen LogP contribution < -0.4 is 19.8 Å². The van der Waals surface area contributed by atoms with Crippen molar-refractivity contribution >= 4 is 17.8 Å². The van der Waals surface area contributed by atoms with E-state index in [1.807, 2.05) is 37.2 Å². The standard InChI is InChI=1S/C19H20N4O3/c1-23(2)16-6-4-5-15(12-16)19(24)22-21-13-14-7-8-17(26-10-9-20)18(11-14)25-3/h4-8,11-13H,10H2,1-3H3,(H,22,24)/b21-13-. The van der Waals surface area contributed by atoms with Gasteiger partial charge in [0.1, 0.15) is 6.07 Å². The van der Waals surface area contributed by atoms with Crippen molar-refractivity contribution in [1.29, 1.82) is 5.26 Å². The van der Waals surface area contributed by atoms with Crippen molar-refractivity contribution < 1.29 is 14.3 Å². The Bertz CT molecular complexity index is 841. The molecule has 134 valence electrons. The topological polar surface area (TPSA) is 86.9 Å². The maximum atomic E-state index is 12.2. The Labute approximate surface area is 152 Å². The number of ether oxygens (including phenoxy) is 2. The van der Waals surface area contributed by atoms with Gasteiger partial charge in [0, 0.05) is 25.3 Å². The fourth-order valence-corrected chi connectivity index (χ4v) is 2.15. The number of nitriles is 1. The summed E-state index contributed by atoms with van der Waals surface area (Å²) in [5.41, 5.74) is 4.66. The second kappa shape index (κ2) is 9.08. The summed E-state index contributed by atoms with van der Waals surface area (Å²) in [4.78, 5) is 14.1. The summed E-state index contributed by atoms with van der Waals surface area (Å²) in [6, 6.07) is 14.3. The number of amides is 1. The van der Waals surface area contributed by atoms with Gasteiger partial charge in [0.15, 0.2) is 18.1 Å². The van der Waals surface area contributed by atoms with Crippen LogP contribution >= 0.6 is 0 Å². The highest BCUT2D eigenvalue weighted by Gasteiger charge is 2.07. The number of nitrogens with one attached hydrogen (secondary N) is 1. The van der Waals surface area contributed by atoms with E-state index in [1.165, 1.54) is 13.3 Å². The zero-order valence-electron chi connectivity index (χ0n) is 14.9. The largest absolute Gasteiger partial charge is 0.493 e. The molecule has 0 saturated heterocycles. The summed E-state index contributed by atoms with van der Waals surface area (Å²) >= 11 is 0. The van der Waals surface area contributed by atoms with Gasteiger partial charge in [0.2, 0.25) is 0 Å². The summed E-state index contributed by atoms with van der Waals surface area (Å²) in [6.45, 7) is -0.0636. The molecule has 0 atom stereocenters. The first-order chi connectivity index (χ1) is 12.5. The number of rotatable bonds is 7. The Morgan fingerprint density at radius 1 is 1.27 bits per heavy atom. The van der Waals surface area contributed by atoms with Crippen LogP contribution in [0, 0.1) is 11.3 Å². The van der Waals surface area contributed by atoms with Crippen LogP contribution in [0.1, 0.15) is 15.9 Å². The van der Waals surface area contributed by atoms with Crippen LogP contribution in [0.15, 0.2) is 47.6 Å². The van der Waals surface area contributed by atoms with Crippen LogP contribution in [-0.2, 0) is 0 Å². The van der Waals surface area contributed by atoms with E-state index < -0.39 is 0 Å².